The molecule has 0 saturated carbocycles. The first kappa shape index (κ1) is 12.5. The van der Waals surface area contributed by atoms with Crippen LogP contribution in [-0.2, 0) is 6.54 Å². The third-order valence-corrected chi connectivity index (χ3v) is 4.46. The van der Waals surface area contributed by atoms with E-state index in [4.69, 9.17) is 9.47 Å². The molecule has 3 rings (SSSR count). The Morgan fingerprint density at radius 2 is 2.11 bits per heavy atom. The Labute approximate surface area is 117 Å². The van der Waals surface area contributed by atoms with Gasteiger partial charge in [-0.2, -0.15) is 0 Å². The van der Waals surface area contributed by atoms with E-state index in [2.05, 4.69) is 42.7 Å². The molecule has 0 fully saturated rings. The maximum absolute atomic E-state index is 5.41. The van der Waals surface area contributed by atoms with Gasteiger partial charge in [0.1, 0.15) is 0 Å². The first-order chi connectivity index (χ1) is 9.24. The number of thiophene rings is 1. The van der Waals surface area contributed by atoms with E-state index in [9.17, 15) is 0 Å². The van der Waals surface area contributed by atoms with Gasteiger partial charge in [-0.1, -0.05) is 6.07 Å². The standard InChI is InChI=1S/C15H17NO2S/c1-10-5-6-19-15(10)8-16-11(2)12-3-4-13-14(7-12)18-9-17-13/h3-7,11,16H,8-9H2,1-2H3. The molecule has 1 unspecified atom stereocenters. The van der Waals surface area contributed by atoms with E-state index in [0.717, 1.165) is 18.0 Å². The Morgan fingerprint density at radius 1 is 1.26 bits per heavy atom. The smallest absolute Gasteiger partial charge is 0.231 e. The van der Waals surface area contributed by atoms with Crippen LogP contribution in [0.1, 0.15) is 29.0 Å². The second-order valence-corrected chi connectivity index (χ2v) is 5.74. The van der Waals surface area contributed by atoms with Crippen molar-refractivity contribution in [3.8, 4) is 11.5 Å². The Kier molecular flexibility index (Phi) is 3.44. The van der Waals surface area contributed by atoms with E-state index in [1.807, 2.05) is 6.07 Å². The van der Waals surface area contributed by atoms with Crippen LogP contribution in [0, 0.1) is 6.92 Å². The van der Waals surface area contributed by atoms with Gasteiger partial charge in [0.15, 0.2) is 11.5 Å². The summed E-state index contributed by atoms with van der Waals surface area (Å²) in [5, 5.41) is 5.68. The summed E-state index contributed by atoms with van der Waals surface area (Å²) in [6, 6.07) is 8.57. The van der Waals surface area contributed by atoms with Gasteiger partial charge in [0.2, 0.25) is 6.79 Å². The molecule has 0 aliphatic carbocycles. The van der Waals surface area contributed by atoms with Crippen LogP contribution in [0.2, 0.25) is 0 Å². The molecule has 0 radical (unpaired) electrons. The fourth-order valence-corrected chi connectivity index (χ4v) is 2.99. The molecule has 1 aromatic carbocycles. The predicted molar refractivity (Wildman–Crippen MR) is 76.9 cm³/mol. The Bertz CT molecular complexity index is 579. The average Bonchev–Trinajstić information content (AvgIpc) is 3.03. The van der Waals surface area contributed by atoms with Gasteiger partial charge >= 0.3 is 0 Å². The topological polar surface area (TPSA) is 30.5 Å². The minimum absolute atomic E-state index is 0.288. The quantitative estimate of drug-likeness (QED) is 0.924. The molecule has 1 aliphatic rings. The third kappa shape index (κ3) is 2.60. The third-order valence-electron chi connectivity index (χ3n) is 3.43. The number of nitrogens with one attached hydrogen (secondary N) is 1. The van der Waals surface area contributed by atoms with E-state index < -0.39 is 0 Å². The second-order valence-electron chi connectivity index (χ2n) is 4.74. The molecule has 1 aliphatic heterocycles. The Morgan fingerprint density at radius 3 is 2.89 bits per heavy atom. The molecule has 2 aromatic rings. The average molecular weight is 275 g/mol. The SMILES string of the molecule is Cc1ccsc1CNC(C)c1ccc2c(c1)OCO2. The molecule has 0 saturated heterocycles. The van der Waals surface area contributed by atoms with Crippen molar-refractivity contribution >= 4 is 11.3 Å². The van der Waals surface area contributed by atoms with Crippen molar-refractivity contribution in [1.29, 1.82) is 0 Å². The largest absolute Gasteiger partial charge is 0.454 e. The number of benzene rings is 1. The van der Waals surface area contributed by atoms with Crippen molar-refractivity contribution in [2.24, 2.45) is 0 Å². The summed E-state index contributed by atoms with van der Waals surface area (Å²) in [7, 11) is 0. The van der Waals surface area contributed by atoms with Crippen LogP contribution in [0.5, 0.6) is 11.5 Å². The second kappa shape index (κ2) is 5.23. The van der Waals surface area contributed by atoms with E-state index in [0.29, 0.717) is 6.79 Å². The Hall–Kier alpha value is -1.52. The summed E-state index contributed by atoms with van der Waals surface area (Å²) in [6.45, 7) is 5.55. The number of ether oxygens (including phenoxy) is 2. The molecule has 4 heteroatoms. The normalized spacial score (nSPS) is 14.6. The van der Waals surface area contributed by atoms with Crippen molar-refractivity contribution in [3.63, 3.8) is 0 Å². The molecule has 1 aromatic heterocycles. The number of rotatable bonds is 4. The lowest BCUT2D eigenvalue weighted by Crippen LogP contribution is -2.17. The molecule has 1 N–H and O–H groups in total. The van der Waals surface area contributed by atoms with E-state index in [1.165, 1.54) is 16.0 Å². The van der Waals surface area contributed by atoms with Gasteiger partial charge < -0.3 is 14.8 Å². The zero-order valence-electron chi connectivity index (χ0n) is 11.1. The van der Waals surface area contributed by atoms with E-state index >= 15 is 0 Å². The minimum atomic E-state index is 0.288. The summed E-state index contributed by atoms with van der Waals surface area (Å²) in [5.74, 6) is 1.68. The van der Waals surface area contributed by atoms with Gasteiger partial charge in [-0.25, -0.2) is 0 Å². The highest BCUT2D eigenvalue weighted by Gasteiger charge is 2.15. The van der Waals surface area contributed by atoms with E-state index in [1.54, 1.807) is 11.3 Å². The fraction of sp³-hybridized carbons (Fsp3) is 0.333. The lowest BCUT2D eigenvalue weighted by molar-refractivity contribution is 0.174. The number of hydrogen-bond donors (Lipinski definition) is 1. The number of hydrogen-bond acceptors (Lipinski definition) is 4. The van der Waals surface area contributed by atoms with Crippen LogP contribution >= 0.6 is 11.3 Å². The van der Waals surface area contributed by atoms with Crippen molar-refractivity contribution in [2.75, 3.05) is 6.79 Å². The molecule has 3 nitrogen and oxygen atoms in total. The van der Waals surface area contributed by atoms with Crippen molar-refractivity contribution < 1.29 is 9.47 Å². The summed E-state index contributed by atoms with van der Waals surface area (Å²) in [5.41, 5.74) is 2.58. The van der Waals surface area contributed by atoms with Gasteiger partial charge in [0, 0.05) is 17.5 Å². The molecule has 1 atom stereocenters. The summed E-state index contributed by atoms with van der Waals surface area (Å²) in [6.07, 6.45) is 0. The first-order valence-electron chi connectivity index (χ1n) is 6.40. The highest BCUT2D eigenvalue weighted by atomic mass is 32.1. The predicted octanol–water partition coefficient (Wildman–Crippen LogP) is 3.64. The molecule has 19 heavy (non-hydrogen) atoms. The monoisotopic (exact) mass is 275 g/mol. The first-order valence-corrected chi connectivity index (χ1v) is 7.28. The van der Waals surface area contributed by atoms with Crippen molar-refractivity contribution in [2.45, 2.75) is 26.4 Å². The Balaban J connectivity index is 1.67. The maximum Gasteiger partial charge on any atom is 0.231 e. The number of fused-ring (bicyclic) bond motifs is 1. The van der Waals surface area contributed by atoms with Crippen molar-refractivity contribution in [3.05, 3.63) is 45.6 Å². The van der Waals surface area contributed by atoms with Crippen LogP contribution in [0.3, 0.4) is 0 Å². The highest BCUT2D eigenvalue weighted by molar-refractivity contribution is 7.10. The van der Waals surface area contributed by atoms with Gasteiger partial charge in [0.05, 0.1) is 0 Å². The summed E-state index contributed by atoms with van der Waals surface area (Å²) >= 11 is 1.80. The molecule has 0 amide bonds. The lowest BCUT2D eigenvalue weighted by atomic mass is 10.1. The van der Waals surface area contributed by atoms with Crippen LogP contribution < -0.4 is 14.8 Å². The van der Waals surface area contributed by atoms with Crippen LogP contribution in [0.25, 0.3) is 0 Å². The summed E-state index contributed by atoms with van der Waals surface area (Å²) < 4.78 is 10.7. The molecule has 100 valence electrons. The molecular formula is C15H17NO2S. The molecule has 0 spiro atoms. The minimum Gasteiger partial charge on any atom is -0.454 e. The van der Waals surface area contributed by atoms with Gasteiger partial charge in [0.25, 0.3) is 0 Å². The van der Waals surface area contributed by atoms with Crippen molar-refractivity contribution in [1.82, 2.24) is 5.32 Å². The molecule has 2 heterocycles. The fourth-order valence-electron chi connectivity index (χ4n) is 2.13. The molecular weight excluding hydrogens is 258 g/mol. The van der Waals surface area contributed by atoms with Crippen LogP contribution in [0.15, 0.2) is 29.6 Å². The lowest BCUT2D eigenvalue weighted by Gasteiger charge is -2.14. The molecule has 0 bridgehead atoms. The van der Waals surface area contributed by atoms with Gasteiger partial charge in [-0.05, 0) is 48.6 Å². The number of aryl methyl sites for hydroxylation is 1. The maximum atomic E-state index is 5.41. The highest BCUT2D eigenvalue weighted by Crippen LogP contribution is 2.34. The zero-order valence-corrected chi connectivity index (χ0v) is 11.9. The van der Waals surface area contributed by atoms with Crippen LogP contribution in [0.4, 0.5) is 0 Å². The zero-order chi connectivity index (χ0) is 13.2. The van der Waals surface area contributed by atoms with Gasteiger partial charge in [-0.3, -0.25) is 0 Å². The van der Waals surface area contributed by atoms with Crippen LogP contribution in [-0.4, -0.2) is 6.79 Å². The van der Waals surface area contributed by atoms with Gasteiger partial charge in [-0.15, -0.1) is 11.3 Å². The summed E-state index contributed by atoms with van der Waals surface area (Å²) in [4.78, 5) is 1.40. The van der Waals surface area contributed by atoms with E-state index in [-0.39, 0.29) is 6.04 Å².